The van der Waals surface area contributed by atoms with E-state index < -0.39 is 0 Å². The van der Waals surface area contributed by atoms with Crippen LogP contribution >= 0.6 is 0 Å². The number of carbonyl (C=O) groups excluding carboxylic acids is 1. The molecule has 3 heteroatoms. The van der Waals surface area contributed by atoms with Gasteiger partial charge in [-0.25, -0.2) is 4.39 Å². The fourth-order valence-corrected chi connectivity index (χ4v) is 1.76. The second kappa shape index (κ2) is 5.75. The Morgan fingerprint density at radius 1 is 1.44 bits per heavy atom. The van der Waals surface area contributed by atoms with E-state index in [1.54, 1.807) is 12.1 Å². The molecule has 0 aliphatic heterocycles. The lowest BCUT2D eigenvalue weighted by atomic mass is 9.90. The van der Waals surface area contributed by atoms with Crippen molar-refractivity contribution in [1.82, 2.24) is 0 Å². The van der Waals surface area contributed by atoms with E-state index in [1.807, 2.05) is 13.8 Å². The van der Waals surface area contributed by atoms with Gasteiger partial charge in [0.2, 0.25) is 0 Å². The quantitative estimate of drug-likeness (QED) is 0.780. The Labute approximate surface area is 95.7 Å². The molecule has 1 atom stereocenters. The van der Waals surface area contributed by atoms with Gasteiger partial charge in [0.1, 0.15) is 5.82 Å². The number of rotatable bonds is 5. The van der Waals surface area contributed by atoms with Gasteiger partial charge in [-0.05, 0) is 24.5 Å². The van der Waals surface area contributed by atoms with E-state index in [2.05, 4.69) is 0 Å². The number of ketones is 1. The van der Waals surface area contributed by atoms with Crippen molar-refractivity contribution in [3.8, 4) is 0 Å². The number of hydrogen-bond donors (Lipinski definition) is 1. The summed E-state index contributed by atoms with van der Waals surface area (Å²) in [5.41, 5.74) is 6.00. The number of Topliss-reactive ketones (excluding diaryl/α,β-unsaturated/α-hetero) is 1. The van der Waals surface area contributed by atoms with Gasteiger partial charge < -0.3 is 5.73 Å². The standard InChI is InChI=1S/C13H18FNO/c1-9(2)6-11(8-15)13(16)10-4-3-5-12(14)7-10/h3-5,7,9,11H,6,8,15H2,1-2H3. The van der Waals surface area contributed by atoms with Crippen LogP contribution in [0.15, 0.2) is 24.3 Å². The van der Waals surface area contributed by atoms with Crippen molar-refractivity contribution in [2.24, 2.45) is 17.6 Å². The Kier molecular flexibility index (Phi) is 4.62. The van der Waals surface area contributed by atoms with Crippen LogP contribution in [0.5, 0.6) is 0 Å². The van der Waals surface area contributed by atoms with Crippen molar-refractivity contribution < 1.29 is 9.18 Å². The van der Waals surface area contributed by atoms with Crippen LogP contribution in [0.25, 0.3) is 0 Å². The highest BCUT2D eigenvalue weighted by molar-refractivity contribution is 5.97. The van der Waals surface area contributed by atoms with Gasteiger partial charge in [0.25, 0.3) is 0 Å². The van der Waals surface area contributed by atoms with Crippen LogP contribution in [-0.2, 0) is 0 Å². The molecule has 16 heavy (non-hydrogen) atoms. The smallest absolute Gasteiger partial charge is 0.167 e. The Balaban J connectivity index is 2.82. The molecule has 0 bridgehead atoms. The van der Waals surface area contributed by atoms with Gasteiger partial charge >= 0.3 is 0 Å². The molecule has 0 saturated heterocycles. The van der Waals surface area contributed by atoms with Gasteiger partial charge in [0, 0.05) is 18.0 Å². The first-order valence-electron chi connectivity index (χ1n) is 5.54. The van der Waals surface area contributed by atoms with E-state index in [0.717, 1.165) is 6.42 Å². The van der Waals surface area contributed by atoms with Gasteiger partial charge in [-0.3, -0.25) is 4.79 Å². The lowest BCUT2D eigenvalue weighted by Crippen LogP contribution is -2.25. The van der Waals surface area contributed by atoms with Crippen molar-refractivity contribution in [2.45, 2.75) is 20.3 Å². The second-order valence-corrected chi connectivity index (χ2v) is 4.44. The Hall–Kier alpha value is -1.22. The first-order chi connectivity index (χ1) is 7.54. The minimum atomic E-state index is -0.383. The maximum Gasteiger partial charge on any atom is 0.167 e. The third-order valence-electron chi connectivity index (χ3n) is 2.52. The van der Waals surface area contributed by atoms with Gasteiger partial charge in [0.05, 0.1) is 0 Å². The van der Waals surface area contributed by atoms with Crippen LogP contribution in [0.2, 0.25) is 0 Å². The molecular formula is C13H18FNO. The Morgan fingerprint density at radius 2 is 2.12 bits per heavy atom. The van der Waals surface area contributed by atoms with Gasteiger partial charge in [-0.2, -0.15) is 0 Å². The first-order valence-corrected chi connectivity index (χ1v) is 5.54. The lowest BCUT2D eigenvalue weighted by Gasteiger charge is -2.15. The predicted octanol–water partition coefficient (Wildman–Crippen LogP) is 2.63. The molecule has 0 spiro atoms. The predicted molar refractivity (Wildman–Crippen MR) is 62.7 cm³/mol. The van der Waals surface area contributed by atoms with E-state index in [4.69, 9.17) is 5.73 Å². The van der Waals surface area contributed by atoms with Crippen LogP contribution in [0.4, 0.5) is 4.39 Å². The Morgan fingerprint density at radius 3 is 2.62 bits per heavy atom. The molecule has 1 aromatic carbocycles. The van der Waals surface area contributed by atoms with Crippen molar-refractivity contribution >= 4 is 5.78 Å². The summed E-state index contributed by atoms with van der Waals surface area (Å²) in [7, 11) is 0. The SMILES string of the molecule is CC(C)CC(CN)C(=O)c1cccc(F)c1. The molecule has 2 nitrogen and oxygen atoms in total. The third kappa shape index (κ3) is 3.42. The molecule has 1 rings (SSSR count). The van der Waals surface area contributed by atoms with E-state index in [9.17, 15) is 9.18 Å². The zero-order chi connectivity index (χ0) is 12.1. The van der Waals surface area contributed by atoms with E-state index in [1.165, 1.54) is 12.1 Å². The maximum absolute atomic E-state index is 13.0. The average molecular weight is 223 g/mol. The van der Waals surface area contributed by atoms with Gasteiger partial charge in [-0.15, -0.1) is 0 Å². The molecular weight excluding hydrogens is 205 g/mol. The summed E-state index contributed by atoms with van der Waals surface area (Å²) < 4.78 is 13.0. The minimum Gasteiger partial charge on any atom is -0.330 e. The molecule has 0 fully saturated rings. The lowest BCUT2D eigenvalue weighted by molar-refractivity contribution is 0.0908. The number of hydrogen-bond acceptors (Lipinski definition) is 2. The summed E-state index contributed by atoms with van der Waals surface area (Å²) in [6.45, 7) is 4.40. The summed E-state index contributed by atoms with van der Waals surface area (Å²) in [4.78, 5) is 12.0. The molecule has 0 aliphatic rings. The molecule has 2 N–H and O–H groups in total. The van der Waals surface area contributed by atoms with Crippen molar-refractivity contribution in [3.05, 3.63) is 35.6 Å². The third-order valence-corrected chi connectivity index (χ3v) is 2.52. The van der Waals surface area contributed by atoms with E-state index >= 15 is 0 Å². The number of carbonyl (C=O) groups is 1. The highest BCUT2D eigenvalue weighted by atomic mass is 19.1. The molecule has 0 amide bonds. The molecule has 0 heterocycles. The normalized spacial score (nSPS) is 12.8. The summed E-state index contributed by atoms with van der Waals surface area (Å²) in [6.07, 6.45) is 0.742. The molecule has 0 aliphatic carbocycles. The zero-order valence-corrected chi connectivity index (χ0v) is 9.74. The van der Waals surface area contributed by atoms with Crippen LogP contribution in [-0.4, -0.2) is 12.3 Å². The largest absolute Gasteiger partial charge is 0.330 e. The fourth-order valence-electron chi connectivity index (χ4n) is 1.76. The highest BCUT2D eigenvalue weighted by Crippen LogP contribution is 2.17. The summed E-state index contributed by atoms with van der Waals surface area (Å²) in [6, 6.07) is 5.78. The molecule has 1 unspecified atom stereocenters. The number of nitrogens with two attached hydrogens (primary N) is 1. The molecule has 88 valence electrons. The Bertz CT molecular complexity index is 363. The molecule has 0 saturated carbocycles. The van der Waals surface area contributed by atoms with Crippen molar-refractivity contribution in [3.63, 3.8) is 0 Å². The number of halogens is 1. The van der Waals surface area contributed by atoms with Crippen LogP contribution in [0, 0.1) is 17.7 Å². The van der Waals surface area contributed by atoms with Crippen LogP contribution in [0.1, 0.15) is 30.6 Å². The second-order valence-electron chi connectivity index (χ2n) is 4.44. The fraction of sp³-hybridized carbons (Fsp3) is 0.462. The molecule has 1 aromatic rings. The maximum atomic E-state index is 13.0. The van der Waals surface area contributed by atoms with E-state index in [0.29, 0.717) is 18.0 Å². The minimum absolute atomic E-state index is 0.0595. The van der Waals surface area contributed by atoms with Crippen LogP contribution in [0.3, 0.4) is 0 Å². The summed E-state index contributed by atoms with van der Waals surface area (Å²) in [5, 5.41) is 0. The topological polar surface area (TPSA) is 43.1 Å². The monoisotopic (exact) mass is 223 g/mol. The average Bonchev–Trinajstić information content (AvgIpc) is 2.24. The highest BCUT2D eigenvalue weighted by Gasteiger charge is 2.19. The summed E-state index contributed by atoms with van der Waals surface area (Å²) in [5.74, 6) is -0.241. The summed E-state index contributed by atoms with van der Waals surface area (Å²) >= 11 is 0. The van der Waals surface area contributed by atoms with Gasteiger partial charge in [-0.1, -0.05) is 26.0 Å². The van der Waals surface area contributed by atoms with Crippen molar-refractivity contribution in [2.75, 3.05) is 6.54 Å². The van der Waals surface area contributed by atoms with Gasteiger partial charge in [0.15, 0.2) is 5.78 Å². The zero-order valence-electron chi connectivity index (χ0n) is 9.74. The molecule has 0 aromatic heterocycles. The molecule has 0 radical (unpaired) electrons. The van der Waals surface area contributed by atoms with Crippen LogP contribution < -0.4 is 5.73 Å². The van der Waals surface area contributed by atoms with E-state index in [-0.39, 0.29) is 17.5 Å². The number of benzene rings is 1. The van der Waals surface area contributed by atoms with Crippen molar-refractivity contribution in [1.29, 1.82) is 0 Å². The first kappa shape index (κ1) is 12.8.